The van der Waals surface area contributed by atoms with Crippen molar-refractivity contribution in [3.63, 3.8) is 0 Å². The van der Waals surface area contributed by atoms with Crippen LogP contribution in [-0.4, -0.2) is 22.4 Å². The highest BCUT2D eigenvalue weighted by Crippen LogP contribution is 2.43. The number of aromatic nitrogens is 2. The molecule has 0 amide bonds. The number of hydrogen-bond donors (Lipinski definition) is 1. The van der Waals surface area contributed by atoms with E-state index in [9.17, 15) is 8.78 Å². The van der Waals surface area contributed by atoms with E-state index in [-0.39, 0.29) is 18.8 Å². The van der Waals surface area contributed by atoms with Gasteiger partial charge in [0.1, 0.15) is 11.6 Å². The fourth-order valence-corrected chi connectivity index (χ4v) is 2.29. The van der Waals surface area contributed by atoms with Crippen LogP contribution in [0.2, 0.25) is 0 Å². The lowest BCUT2D eigenvalue weighted by atomic mass is 10.1. The summed E-state index contributed by atoms with van der Waals surface area (Å²) in [7, 11) is 0. The number of rotatable bonds is 4. The first kappa shape index (κ1) is 13.2. The molecular formula is C13H19F2N3. The molecule has 1 aliphatic rings. The van der Waals surface area contributed by atoms with Crippen LogP contribution >= 0.6 is 0 Å². The summed E-state index contributed by atoms with van der Waals surface area (Å²) >= 11 is 0. The standard InChI is InChI=1S/C13H19F2N3/c1-3-6-16-11-7-9(2)17-12(18-11)10-4-5-13(14,15)8-10/h7,10H,3-6,8H2,1-2H3,(H,16,17,18). The van der Waals surface area contributed by atoms with Gasteiger partial charge in [0, 0.05) is 37.1 Å². The Bertz CT molecular complexity index is 421. The second-order valence-corrected chi connectivity index (χ2v) is 4.98. The zero-order chi connectivity index (χ0) is 13.2. The van der Waals surface area contributed by atoms with E-state index in [0.717, 1.165) is 24.5 Å². The summed E-state index contributed by atoms with van der Waals surface area (Å²) in [4.78, 5) is 8.67. The van der Waals surface area contributed by atoms with Gasteiger partial charge in [-0.2, -0.15) is 0 Å². The molecular weight excluding hydrogens is 236 g/mol. The first-order valence-electron chi connectivity index (χ1n) is 6.47. The highest BCUT2D eigenvalue weighted by Gasteiger charge is 2.41. The van der Waals surface area contributed by atoms with Crippen molar-refractivity contribution in [3.8, 4) is 0 Å². The van der Waals surface area contributed by atoms with Gasteiger partial charge in [-0.15, -0.1) is 0 Å². The fourth-order valence-electron chi connectivity index (χ4n) is 2.29. The van der Waals surface area contributed by atoms with Gasteiger partial charge in [0.15, 0.2) is 0 Å². The smallest absolute Gasteiger partial charge is 0.248 e. The van der Waals surface area contributed by atoms with Crippen LogP contribution in [0.5, 0.6) is 0 Å². The SMILES string of the molecule is CCCNc1cc(C)nc(C2CCC(F)(F)C2)n1. The zero-order valence-corrected chi connectivity index (χ0v) is 10.8. The molecule has 1 aromatic rings. The third kappa shape index (κ3) is 3.15. The van der Waals surface area contributed by atoms with E-state index in [4.69, 9.17) is 0 Å². The summed E-state index contributed by atoms with van der Waals surface area (Å²) in [6, 6.07) is 1.85. The molecule has 5 heteroatoms. The van der Waals surface area contributed by atoms with Gasteiger partial charge in [0.25, 0.3) is 0 Å². The molecule has 1 aliphatic carbocycles. The molecule has 0 spiro atoms. The first-order valence-corrected chi connectivity index (χ1v) is 6.47. The zero-order valence-electron chi connectivity index (χ0n) is 10.8. The van der Waals surface area contributed by atoms with Crippen molar-refractivity contribution in [2.45, 2.75) is 51.4 Å². The summed E-state index contributed by atoms with van der Waals surface area (Å²) < 4.78 is 26.4. The molecule has 1 fully saturated rings. The Morgan fingerprint density at radius 3 is 2.83 bits per heavy atom. The van der Waals surface area contributed by atoms with Crippen molar-refractivity contribution in [3.05, 3.63) is 17.6 Å². The molecule has 0 bridgehead atoms. The summed E-state index contributed by atoms with van der Waals surface area (Å²) in [5.41, 5.74) is 0.828. The van der Waals surface area contributed by atoms with E-state index in [1.807, 2.05) is 13.0 Å². The van der Waals surface area contributed by atoms with Crippen LogP contribution in [0, 0.1) is 6.92 Å². The Balaban J connectivity index is 2.15. The van der Waals surface area contributed by atoms with Crippen molar-refractivity contribution < 1.29 is 8.78 Å². The predicted octanol–water partition coefficient (Wildman–Crippen LogP) is 3.51. The highest BCUT2D eigenvalue weighted by atomic mass is 19.3. The van der Waals surface area contributed by atoms with Gasteiger partial charge in [0.05, 0.1) is 0 Å². The topological polar surface area (TPSA) is 37.8 Å². The van der Waals surface area contributed by atoms with Gasteiger partial charge in [-0.25, -0.2) is 18.7 Å². The van der Waals surface area contributed by atoms with E-state index in [1.165, 1.54) is 0 Å². The molecule has 1 saturated carbocycles. The Morgan fingerprint density at radius 2 is 2.22 bits per heavy atom. The lowest BCUT2D eigenvalue weighted by Crippen LogP contribution is -2.12. The van der Waals surface area contributed by atoms with Crippen LogP contribution < -0.4 is 5.32 Å². The van der Waals surface area contributed by atoms with Gasteiger partial charge in [0.2, 0.25) is 5.92 Å². The molecule has 1 heterocycles. The quantitative estimate of drug-likeness (QED) is 0.894. The van der Waals surface area contributed by atoms with Crippen LogP contribution in [0.25, 0.3) is 0 Å². The Kier molecular flexibility index (Phi) is 3.78. The number of nitrogens with zero attached hydrogens (tertiary/aromatic N) is 2. The maximum atomic E-state index is 13.2. The summed E-state index contributed by atoms with van der Waals surface area (Å²) in [5.74, 6) is -1.45. The van der Waals surface area contributed by atoms with Crippen molar-refractivity contribution in [2.75, 3.05) is 11.9 Å². The van der Waals surface area contributed by atoms with Gasteiger partial charge < -0.3 is 5.32 Å². The van der Waals surface area contributed by atoms with Gasteiger partial charge in [-0.05, 0) is 19.8 Å². The first-order chi connectivity index (χ1) is 8.50. The summed E-state index contributed by atoms with van der Waals surface area (Å²) in [6.45, 7) is 4.77. The number of halogens is 2. The summed E-state index contributed by atoms with van der Waals surface area (Å²) in [5, 5.41) is 3.18. The average molecular weight is 255 g/mol. The number of hydrogen-bond acceptors (Lipinski definition) is 3. The molecule has 100 valence electrons. The predicted molar refractivity (Wildman–Crippen MR) is 67.1 cm³/mol. The lowest BCUT2D eigenvalue weighted by molar-refractivity contribution is 0.00753. The average Bonchev–Trinajstić information content (AvgIpc) is 2.66. The van der Waals surface area contributed by atoms with Crippen LogP contribution in [0.15, 0.2) is 6.07 Å². The Morgan fingerprint density at radius 1 is 1.44 bits per heavy atom. The fraction of sp³-hybridized carbons (Fsp3) is 0.692. The Labute approximate surface area is 106 Å². The van der Waals surface area contributed by atoms with E-state index in [1.54, 1.807) is 0 Å². The minimum absolute atomic E-state index is 0.0489. The lowest BCUT2D eigenvalue weighted by Gasteiger charge is -2.12. The second kappa shape index (κ2) is 5.16. The molecule has 1 N–H and O–H groups in total. The monoisotopic (exact) mass is 255 g/mol. The van der Waals surface area contributed by atoms with Crippen molar-refractivity contribution in [1.29, 1.82) is 0 Å². The number of anilines is 1. The number of aryl methyl sites for hydroxylation is 1. The van der Waals surface area contributed by atoms with E-state index in [2.05, 4.69) is 22.2 Å². The molecule has 3 nitrogen and oxygen atoms in total. The minimum Gasteiger partial charge on any atom is -0.370 e. The Hall–Kier alpha value is -1.26. The van der Waals surface area contributed by atoms with Crippen molar-refractivity contribution >= 4 is 5.82 Å². The van der Waals surface area contributed by atoms with Gasteiger partial charge >= 0.3 is 0 Å². The molecule has 1 atom stereocenters. The number of nitrogens with one attached hydrogen (secondary N) is 1. The molecule has 1 aromatic heterocycles. The van der Waals surface area contributed by atoms with E-state index >= 15 is 0 Å². The third-order valence-electron chi connectivity index (χ3n) is 3.20. The molecule has 1 unspecified atom stereocenters. The van der Waals surface area contributed by atoms with Crippen LogP contribution in [-0.2, 0) is 0 Å². The number of alkyl halides is 2. The maximum absolute atomic E-state index is 13.2. The van der Waals surface area contributed by atoms with Crippen LogP contribution in [0.3, 0.4) is 0 Å². The summed E-state index contributed by atoms with van der Waals surface area (Å²) in [6.07, 6.45) is 1.31. The highest BCUT2D eigenvalue weighted by molar-refractivity contribution is 5.36. The maximum Gasteiger partial charge on any atom is 0.248 e. The van der Waals surface area contributed by atoms with Gasteiger partial charge in [-0.3, -0.25) is 0 Å². The van der Waals surface area contributed by atoms with Crippen LogP contribution in [0.4, 0.5) is 14.6 Å². The molecule has 0 radical (unpaired) electrons. The molecule has 2 rings (SSSR count). The van der Waals surface area contributed by atoms with Gasteiger partial charge in [-0.1, -0.05) is 6.92 Å². The largest absolute Gasteiger partial charge is 0.370 e. The van der Waals surface area contributed by atoms with E-state index < -0.39 is 5.92 Å². The van der Waals surface area contributed by atoms with Crippen molar-refractivity contribution in [2.24, 2.45) is 0 Å². The minimum atomic E-state index is -2.55. The van der Waals surface area contributed by atoms with Crippen molar-refractivity contribution in [1.82, 2.24) is 9.97 Å². The molecule has 0 saturated heterocycles. The van der Waals surface area contributed by atoms with E-state index in [0.29, 0.717) is 12.2 Å². The van der Waals surface area contributed by atoms with Crippen LogP contribution in [0.1, 0.15) is 50.0 Å². The molecule has 0 aromatic carbocycles. The molecule has 0 aliphatic heterocycles. The third-order valence-corrected chi connectivity index (χ3v) is 3.20. The second-order valence-electron chi connectivity index (χ2n) is 4.98. The normalized spacial score (nSPS) is 22.1. The molecule has 18 heavy (non-hydrogen) atoms.